The van der Waals surface area contributed by atoms with Crippen LogP contribution in [0.2, 0.25) is 0 Å². The third-order valence-electron chi connectivity index (χ3n) is 4.90. The molecule has 1 amide bonds. The van der Waals surface area contributed by atoms with E-state index in [0.29, 0.717) is 0 Å². The van der Waals surface area contributed by atoms with E-state index in [9.17, 15) is 4.79 Å². The SMILES string of the molecule is O=C(Nc1ccc(Nc2cccc3cccnc23)nc1)C1CCCCC1. The number of fused-ring (bicyclic) bond motifs is 1. The van der Waals surface area contributed by atoms with Crippen LogP contribution in [0.25, 0.3) is 10.9 Å². The minimum Gasteiger partial charge on any atom is -0.338 e. The summed E-state index contributed by atoms with van der Waals surface area (Å²) in [7, 11) is 0. The maximum Gasteiger partial charge on any atom is 0.227 e. The number of anilines is 3. The number of nitrogens with zero attached hydrogens (tertiary/aromatic N) is 2. The van der Waals surface area contributed by atoms with Gasteiger partial charge in [-0.05, 0) is 37.1 Å². The Balaban J connectivity index is 1.45. The van der Waals surface area contributed by atoms with Crippen LogP contribution in [0.5, 0.6) is 0 Å². The van der Waals surface area contributed by atoms with Crippen molar-refractivity contribution in [3.63, 3.8) is 0 Å². The third kappa shape index (κ3) is 3.67. The fourth-order valence-electron chi connectivity index (χ4n) is 3.49. The van der Waals surface area contributed by atoms with Gasteiger partial charge < -0.3 is 10.6 Å². The molecule has 0 bridgehead atoms. The molecule has 26 heavy (non-hydrogen) atoms. The van der Waals surface area contributed by atoms with Gasteiger partial charge in [-0.2, -0.15) is 0 Å². The van der Waals surface area contributed by atoms with E-state index in [4.69, 9.17) is 0 Å². The standard InChI is InChI=1S/C21H22N4O/c26-21(16-6-2-1-3-7-16)24-17-11-12-19(23-14-17)25-18-10-4-8-15-9-5-13-22-20(15)18/h4-5,8-14,16H,1-3,6-7H2,(H,23,25)(H,24,26). The average Bonchev–Trinajstić information content (AvgIpc) is 2.70. The van der Waals surface area contributed by atoms with Gasteiger partial charge >= 0.3 is 0 Å². The Bertz CT molecular complexity index is 896. The highest BCUT2D eigenvalue weighted by molar-refractivity contribution is 5.93. The number of para-hydroxylation sites is 1. The van der Waals surface area contributed by atoms with E-state index in [1.165, 1.54) is 6.42 Å². The molecule has 2 N–H and O–H groups in total. The zero-order valence-corrected chi connectivity index (χ0v) is 14.6. The number of aromatic nitrogens is 2. The van der Waals surface area contributed by atoms with Gasteiger partial charge in [0.1, 0.15) is 5.82 Å². The molecule has 0 aliphatic heterocycles. The molecule has 2 aromatic heterocycles. The highest BCUT2D eigenvalue weighted by atomic mass is 16.1. The van der Waals surface area contributed by atoms with Crippen LogP contribution in [-0.2, 0) is 4.79 Å². The van der Waals surface area contributed by atoms with Crippen molar-refractivity contribution in [1.82, 2.24) is 9.97 Å². The van der Waals surface area contributed by atoms with Crippen LogP contribution in [-0.4, -0.2) is 15.9 Å². The Kier molecular flexibility index (Phi) is 4.78. The zero-order chi connectivity index (χ0) is 17.8. The molecule has 2 heterocycles. The smallest absolute Gasteiger partial charge is 0.227 e. The molecule has 0 atom stereocenters. The maximum absolute atomic E-state index is 12.3. The summed E-state index contributed by atoms with van der Waals surface area (Å²) in [6.07, 6.45) is 9.01. The Labute approximate surface area is 152 Å². The molecule has 1 aromatic carbocycles. The van der Waals surface area contributed by atoms with Crippen molar-refractivity contribution in [2.45, 2.75) is 32.1 Å². The molecule has 1 saturated carbocycles. The van der Waals surface area contributed by atoms with Crippen molar-refractivity contribution >= 4 is 34.0 Å². The molecule has 0 spiro atoms. The first-order chi connectivity index (χ1) is 12.8. The van der Waals surface area contributed by atoms with E-state index < -0.39 is 0 Å². The van der Waals surface area contributed by atoms with E-state index in [1.54, 1.807) is 12.4 Å². The Morgan fingerprint density at radius 2 is 1.81 bits per heavy atom. The topological polar surface area (TPSA) is 66.9 Å². The van der Waals surface area contributed by atoms with Crippen LogP contribution < -0.4 is 10.6 Å². The molecule has 3 aromatic rings. The molecule has 1 aliphatic rings. The normalized spacial score (nSPS) is 14.9. The van der Waals surface area contributed by atoms with Crippen molar-refractivity contribution in [2.75, 3.05) is 10.6 Å². The van der Waals surface area contributed by atoms with Crippen LogP contribution in [0.15, 0.2) is 54.9 Å². The summed E-state index contributed by atoms with van der Waals surface area (Å²) in [5.74, 6) is 0.979. The monoisotopic (exact) mass is 346 g/mol. The molecule has 1 fully saturated rings. The van der Waals surface area contributed by atoms with E-state index >= 15 is 0 Å². The molecular weight excluding hydrogens is 324 g/mol. The number of hydrogen-bond donors (Lipinski definition) is 2. The van der Waals surface area contributed by atoms with Crippen LogP contribution >= 0.6 is 0 Å². The van der Waals surface area contributed by atoms with Gasteiger partial charge in [-0.3, -0.25) is 9.78 Å². The van der Waals surface area contributed by atoms with Gasteiger partial charge in [0.05, 0.1) is 23.1 Å². The highest BCUT2D eigenvalue weighted by Gasteiger charge is 2.21. The second-order valence-electron chi connectivity index (χ2n) is 6.76. The van der Waals surface area contributed by atoms with Crippen molar-refractivity contribution in [1.29, 1.82) is 0 Å². The van der Waals surface area contributed by atoms with Gasteiger partial charge in [-0.1, -0.05) is 37.5 Å². The van der Waals surface area contributed by atoms with Crippen LogP contribution in [0.3, 0.4) is 0 Å². The minimum atomic E-state index is 0.116. The number of hydrogen-bond acceptors (Lipinski definition) is 4. The quantitative estimate of drug-likeness (QED) is 0.706. The van der Waals surface area contributed by atoms with Crippen molar-refractivity contribution in [3.8, 4) is 0 Å². The van der Waals surface area contributed by atoms with Crippen molar-refractivity contribution in [3.05, 3.63) is 54.9 Å². The highest BCUT2D eigenvalue weighted by Crippen LogP contribution is 2.26. The van der Waals surface area contributed by atoms with E-state index in [0.717, 1.165) is 53.8 Å². The molecule has 132 valence electrons. The third-order valence-corrected chi connectivity index (χ3v) is 4.90. The lowest BCUT2D eigenvalue weighted by Crippen LogP contribution is -2.24. The summed E-state index contributed by atoms with van der Waals surface area (Å²) in [6.45, 7) is 0. The predicted octanol–water partition coefficient (Wildman–Crippen LogP) is 4.89. The van der Waals surface area contributed by atoms with Gasteiger partial charge in [0.15, 0.2) is 0 Å². The van der Waals surface area contributed by atoms with E-state index in [2.05, 4.69) is 20.6 Å². The minimum absolute atomic E-state index is 0.116. The maximum atomic E-state index is 12.3. The Morgan fingerprint density at radius 1 is 0.962 bits per heavy atom. The van der Waals surface area contributed by atoms with Crippen molar-refractivity contribution < 1.29 is 4.79 Å². The fraction of sp³-hybridized carbons (Fsp3) is 0.286. The summed E-state index contributed by atoms with van der Waals surface area (Å²) in [5.41, 5.74) is 2.56. The number of pyridine rings is 2. The fourth-order valence-corrected chi connectivity index (χ4v) is 3.49. The number of benzene rings is 1. The molecule has 0 saturated heterocycles. The van der Waals surface area contributed by atoms with Gasteiger partial charge in [-0.25, -0.2) is 4.98 Å². The predicted molar refractivity (Wildman–Crippen MR) is 104 cm³/mol. The summed E-state index contributed by atoms with van der Waals surface area (Å²) in [6, 6.07) is 13.7. The lowest BCUT2D eigenvalue weighted by molar-refractivity contribution is -0.120. The number of rotatable bonds is 4. The van der Waals surface area contributed by atoms with Crippen molar-refractivity contribution in [2.24, 2.45) is 5.92 Å². The molecule has 4 rings (SSSR count). The molecule has 5 nitrogen and oxygen atoms in total. The van der Waals surface area contributed by atoms with E-state index in [1.807, 2.05) is 42.5 Å². The molecule has 0 unspecified atom stereocenters. The Hall–Kier alpha value is -2.95. The van der Waals surface area contributed by atoms with Gasteiger partial charge in [0.25, 0.3) is 0 Å². The molecule has 1 aliphatic carbocycles. The van der Waals surface area contributed by atoms with Crippen LogP contribution in [0, 0.1) is 5.92 Å². The average molecular weight is 346 g/mol. The first kappa shape index (κ1) is 16.5. The van der Waals surface area contributed by atoms with Gasteiger partial charge in [0, 0.05) is 17.5 Å². The Morgan fingerprint density at radius 3 is 2.62 bits per heavy atom. The zero-order valence-electron chi connectivity index (χ0n) is 14.6. The van der Waals surface area contributed by atoms with E-state index in [-0.39, 0.29) is 11.8 Å². The van der Waals surface area contributed by atoms with Crippen LogP contribution in [0.1, 0.15) is 32.1 Å². The number of carbonyl (C=O) groups excluding carboxylic acids is 1. The van der Waals surface area contributed by atoms with Gasteiger partial charge in [-0.15, -0.1) is 0 Å². The number of carbonyl (C=O) groups is 1. The first-order valence-electron chi connectivity index (χ1n) is 9.17. The number of nitrogens with one attached hydrogen (secondary N) is 2. The lowest BCUT2D eigenvalue weighted by atomic mass is 9.88. The summed E-state index contributed by atoms with van der Waals surface area (Å²) >= 11 is 0. The second-order valence-corrected chi connectivity index (χ2v) is 6.76. The second kappa shape index (κ2) is 7.52. The largest absolute Gasteiger partial charge is 0.338 e. The first-order valence-corrected chi connectivity index (χ1v) is 9.17. The summed E-state index contributed by atoms with van der Waals surface area (Å²) < 4.78 is 0. The number of amides is 1. The lowest BCUT2D eigenvalue weighted by Gasteiger charge is -2.20. The van der Waals surface area contributed by atoms with Gasteiger partial charge in [0.2, 0.25) is 5.91 Å². The molecule has 0 radical (unpaired) electrons. The molecule has 5 heteroatoms. The summed E-state index contributed by atoms with van der Waals surface area (Å²) in [5, 5.41) is 7.37. The van der Waals surface area contributed by atoms with Crippen LogP contribution in [0.4, 0.5) is 17.2 Å². The molecular formula is C21H22N4O. The summed E-state index contributed by atoms with van der Waals surface area (Å²) in [4.78, 5) is 21.2.